The SMILES string of the molecule is CCN1CCN(c2nc(Nc3ccc(F)cc3)cc(-c3ccccc3)n2)CC1. The van der Waals surface area contributed by atoms with Crippen molar-refractivity contribution in [1.82, 2.24) is 14.9 Å². The number of anilines is 3. The summed E-state index contributed by atoms with van der Waals surface area (Å²) in [5.74, 6) is 1.17. The molecule has 5 nitrogen and oxygen atoms in total. The number of hydrogen-bond acceptors (Lipinski definition) is 5. The molecule has 6 heteroatoms. The van der Waals surface area contributed by atoms with Crippen LogP contribution < -0.4 is 10.2 Å². The molecule has 1 aliphatic rings. The van der Waals surface area contributed by atoms with Gasteiger partial charge in [-0.2, -0.15) is 4.98 Å². The van der Waals surface area contributed by atoms with Gasteiger partial charge in [0.15, 0.2) is 0 Å². The third-order valence-electron chi connectivity index (χ3n) is 5.00. The molecule has 144 valence electrons. The number of hydrogen-bond donors (Lipinski definition) is 1. The topological polar surface area (TPSA) is 44.3 Å². The zero-order valence-electron chi connectivity index (χ0n) is 16.0. The highest BCUT2D eigenvalue weighted by molar-refractivity contribution is 5.67. The summed E-state index contributed by atoms with van der Waals surface area (Å²) in [5, 5.41) is 3.29. The van der Waals surface area contributed by atoms with Gasteiger partial charge in [0.05, 0.1) is 5.69 Å². The zero-order valence-corrected chi connectivity index (χ0v) is 16.0. The summed E-state index contributed by atoms with van der Waals surface area (Å²) < 4.78 is 13.2. The fraction of sp³-hybridized carbons (Fsp3) is 0.273. The standard InChI is InChI=1S/C22H24FN5/c1-2-27-12-14-28(15-13-27)22-25-20(17-6-4-3-5-7-17)16-21(26-22)24-19-10-8-18(23)9-11-19/h3-11,16H,2,12-15H2,1H3,(H,24,25,26). The molecule has 1 saturated heterocycles. The predicted molar refractivity (Wildman–Crippen MR) is 111 cm³/mol. The van der Waals surface area contributed by atoms with E-state index in [4.69, 9.17) is 9.97 Å². The van der Waals surface area contributed by atoms with Gasteiger partial charge >= 0.3 is 0 Å². The third-order valence-corrected chi connectivity index (χ3v) is 5.00. The van der Waals surface area contributed by atoms with E-state index in [1.807, 2.05) is 36.4 Å². The molecule has 0 atom stereocenters. The van der Waals surface area contributed by atoms with Crippen molar-refractivity contribution in [1.29, 1.82) is 0 Å². The second kappa shape index (κ2) is 8.35. The first-order valence-corrected chi connectivity index (χ1v) is 9.65. The molecule has 2 aromatic carbocycles. The highest BCUT2D eigenvalue weighted by Gasteiger charge is 2.19. The van der Waals surface area contributed by atoms with Crippen LogP contribution in [0, 0.1) is 5.82 Å². The average molecular weight is 377 g/mol. The summed E-state index contributed by atoms with van der Waals surface area (Å²) in [6.07, 6.45) is 0. The highest BCUT2D eigenvalue weighted by Crippen LogP contribution is 2.25. The van der Waals surface area contributed by atoms with Gasteiger partial charge in [0.1, 0.15) is 11.6 Å². The first kappa shape index (κ1) is 18.4. The fourth-order valence-corrected chi connectivity index (χ4v) is 3.34. The molecule has 0 amide bonds. The molecule has 0 bridgehead atoms. The number of rotatable bonds is 5. The van der Waals surface area contributed by atoms with Gasteiger partial charge in [0, 0.05) is 43.5 Å². The Morgan fingerprint density at radius 3 is 2.32 bits per heavy atom. The Bertz CT molecular complexity index is 906. The van der Waals surface area contributed by atoms with Gasteiger partial charge in [-0.1, -0.05) is 37.3 Å². The van der Waals surface area contributed by atoms with E-state index in [0.717, 1.165) is 55.6 Å². The third kappa shape index (κ3) is 4.28. The zero-order chi connectivity index (χ0) is 19.3. The lowest BCUT2D eigenvalue weighted by molar-refractivity contribution is 0.270. The molecule has 1 aromatic heterocycles. The number of halogens is 1. The summed E-state index contributed by atoms with van der Waals surface area (Å²) >= 11 is 0. The Morgan fingerprint density at radius 1 is 0.929 bits per heavy atom. The largest absolute Gasteiger partial charge is 0.340 e. The first-order valence-electron chi connectivity index (χ1n) is 9.65. The number of piperazine rings is 1. The lowest BCUT2D eigenvalue weighted by atomic mass is 10.1. The number of benzene rings is 2. The Morgan fingerprint density at radius 2 is 1.64 bits per heavy atom. The van der Waals surface area contributed by atoms with Crippen LogP contribution in [0.1, 0.15) is 6.92 Å². The van der Waals surface area contributed by atoms with Crippen LogP contribution in [-0.2, 0) is 0 Å². The van der Waals surface area contributed by atoms with E-state index in [2.05, 4.69) is 22.0 Å². The van der Waals surface area contributed by atoms with Crippen LogP contribution in [0.15, 0.2) is 60.7 Å². The molecule has 1 aliphatic heterocycles. The molecule has 0 radical (unpaired) electrons. The molecule has 0 spiro atoms. The summed E-state index contributed by atoms with van der Waals surface area (Å²) in [7, 11) is 0. The van der Waals surface area contributed by atoms with E-state index in [1.165, 1.54) is 12.1 Å². The molecule has 1 fully saturated rings. The quantitative estimate of drug-likeness (QED) is 0.723. The van der Waals surface area contributed by atoms with Gasteiger partial charge in [0.2, 0.25) is 5.95 Å². The van der Waals surface area contributed by atoms with Crippen LogP contribution in [0.4, 0.5) is 21.8 Å². The molecule has 2 heterocycles. The second-order valence-corrected chi connectivity index (χ2v) is 6.86. The minimum atomic E-state index is -0.257. The maximum Gasteiger partial charge on any atom is 0.227 e. The van der Waals surface area contributed by atoms with Crippen molar-refractivity contribution in [3.63, 3.8) is 0 Å². The normalized spacial score (nSPS) is 14.9. The molecule has 28 heavy (non-hydrogen) atoms. The highest BCUT2D eigenvalue weighted by atomic mass is 19.1. The van der Waals surface area contributed by atoms with Crippen molar-refractivity contribution in [3.05, 3.63) is 66.5 Å². The fourth-order valence-electron chi connectivity index (χ4n) is 3.34. The van der Waals surface area contributed by atoms with E-state index < -0.39 is 0 Å². The van der Waals surface area contributed by atoms with Crippen molar-refractivity contribution in [2.24, 2.45) is 0 Å². The second-order valence-electron chi connectivity index (χ2n) is 6.86. The average Bonchev–Trinajstić information content (AvgIpc) is 2.76. The number of nitrogens with one attached hydrogen (secondary N) is 1. The lowest BCUT2D eigenvalue weighted by Gasteiger charge is -2.34. The van der Waals surface area contributed by atoms with Gasteiger partial charge < -0.3 is 15.1 Å². The van der Waals surface area contributed by atoms with E-state index in [9.17, 15) is 4.39 Å². The van der Waals surface area contributed by atoms with Gasteiger partial charge in [-0.15, -0.1) is 0 Å². The Kier molecular flexibility index (Phi) is 5.48. The number of likely N-dealkylation sites (N-methyl/N-ethyl adjacent to an activating group) is 1. The molecular weight excluding hydrogens is 353 g/mol. The van der Waals surface area contributed by atoms with Crippen molar-refractivity contribution in [3.8, 4) is 11.3 Å². The molecule has 0 aliphatic carbocycles. The van der Waals surface area contributed by atoms with E-state index in [-0.39, 0.29) is 5.82 Å². The number of nitrogens with zero attached hydrogens (tertiary/aromatic N) is 4. The number of aromatic nitrogens is 2. The minimum absolute atomic E-state index is 0.257. The van der Waals surface area contributed by atoms with Gasteiger partial charge in [-0.3, -0.25) is 0 Å². The van der Waals surface area contributed by atoms with Gasteiger partial charge in [-0.05, 0) is 30.8 Å². The van der Waals surface area contributed by atoms with Crippen LogP contribution >= 0.6 is 0 Å². The van der Waals surface area contributed by atoms with Crippen LogP contribution in [0.25, 0.3) is 11.3 Å². The van der Waals surface area contributed by atoms with Crippen LogP contribution in [0.2, 0.25) is 0 Å². The lowest BCUT2D eigenvalue weighted by Crippen LogP contribution is -2.46. The summed E-state index contributed by atoms with van der Waals surface area (Å²) in [6.45, 7) is 7.08. The Labute approximate surface area is 164 Å². The summed E-state index contributed by atoms with van der Waals surface area (Å²) in [4.78, 5) is 14.2. The van der Waals surface area contributed by atoms with Crippen molar-refractivity contribution in [2.45, 2.75) is 6.92 Å². The van der Waals surface area contributed by atoms with E-state index in [0.29, 0.717) is 5.82 Å². The predicted octanol–water partition coefficient (Wildman–Crippen LogP) is 4.17. The molecule has 4 rings (SSSR count). The van der Waals surface area contributed by atoms with E-state index in [1.54, 1.807) is 12.1 Å². The summed E-state index contributed by atoms with van der Waals surface area (Å²) in [6, 6.07) is 18.3. The van der Waals surface area contributed by atoms with Gasteiger partial charge in [0.25, 0.3) is 0 Å². The van der Waals surface area contributed by atoms with E-state index >= 15 is 0 Å². The van der Waals surface area contributed by atoms with Crippen molar-refractivity contribution in [2.75, 3.05) is 42.9 Å². The molecular formula is C22H24FN5. The summed E-state index contributed by atoms with van der Waals surface area (Å²) in [5.41, 5.74) is 2.70. The molecule has 0 saturated carbocycles. The maximum absolute atomic E-state index is 13.2. The molecule has 0 unspecified atom stereocenters. The Balaban J connectivity index is 1.66. The smallest absolute Gasteiger partial charge is 0.227 e. The Hall–Kier alpha value is -2.99. The molecule has 3 aromatic rings. The maximum atomic E-state index is 13.2. The minimum Gasteiger partial charge on any atom is -0.340 e. The van der Waals surface area contributed by atoms with Crippen molar-refractivity contribution < 1.29 is 4.39 Å². The van der Waals surface area contributed by atoms with Crippen molar-refractivity contribution >= 4 is 17.5 Å². The van der Waals surface area contributed by atoms with Crippen LogP contribution in [-0.4, -0.2) is 47.6 Å². The monoisotopic (exact) mass is 377 g/mol. The van der Waals surface area contributed by atoms with Crippen LogP contribution in [0.3, 0.4) is 0 Å². The van der Waals surface area contributed by atoms with Gasteiger partial charge in [-0.25, -0.2) is 9.37 Å². The molecule has 1 N–H and O–H groups in total. The van der Waals surface area contributed by atoms with Crippen LogP contribution in [0.5, 0.6) is 0 Å². The first-order chi connectivity index (χ1) is 13.7.